The second-order valence-corrected chi connectivity index (χ2v) is 7.21. The van der Waals surface area contributed by atoms with Crippen LogP contribution >= 0.6 is 11.3 Å². The Balaban J connectivity index is 1.94. The predicted octanol–water partition coefficient (Wildman–Crippen LogP) is 2.85. The van der Waals surface area contributed by atoms with Gasteiger partial charge >= 0.3 is 0 Å². The van der Waals surface area contributed by atoms with E-state index in [2.05, 4.69) is 71.2 Å². The van der Waals surface area contributed by atoms with Crippen LogP contribution in [0.2, 0.25) is 0 Å². The van der Waals surface area contributed by atoms with Crippen molar-refractivity contribution in [3.8, 4) is 0 Å². The zero-order chi connectivity index (χ0) is 18.1. The third-order valence-electron chi connectivity index (χ3n) is 3.91. The van der Waals surface area contributed by atoms with Gasteiger partial charge in [-0.1, -0.05) is 30.3 Å². The number of guanidine groups is 1. The standard InChI is InChI=1S/C19H29N5S/c1-5-20-19(21-12-11-17-14-25-15(2)23-17)22-13-18(24(3)4)16-9-7-6-8-10-16/h6-10,14,18H,5,11-13H2,1-4H3,(H2,20,21,22). The number of benzene rings is 1. The van der Waals surface area contributed by atoms with Crippen molar-refractivity contribution in [2.75, 3.05) is 33.7 Å². The van der Waals surface area contributed by atoms with E-state index in [4.69, 9.17) is 4.99 Å². The van der Waals surface area contributed by atoms with Crippen molar-refractivity contribution in [1.82, 2.24) is 20.5 Å². The van der Waals surface area contributed by atoms with Gasteiger partial charge in [0.1, 0.15) is 0 Å². The van der Waals surface area contributed by atoms with Crippen molar-refractivity contribution in [2.45, 2.75) is 26.3 Å². The molecule has 1 unspecified atom stereocenters. The van der Waals surface area contributed by atoms with Crippen molar-refractivity contribution in [2.24, 2.45) is 4.99 Å². The second kappa shape index (κ2) is 10.2. The first-order valence-corrected chi connectivity index (χ1v) is 9.62. The zero-order valence-corrected chi connectivity index (χ0v) is 16.4. The van der Waals surface area contributed by atoms with Crippen LogP contribution < -0.4 is 10.6 Å². The topological polar surface area (TPSA) is 52.6 Å². The highest BCUT2D eigenvalue weighted by Crippen LogP contribution is 2.17. The molecule has 0 bridgehead atoms. The Morgan fingerprint density at radius 2 is 2.00 bits per heavy atom. The van der Waals surface area contributed by atoms with E-state index in [0.29, 0.717) is 6.54 Å². The Morgan fingerprint density at radius 1 is 1.24 bits per heavy atom. The summed E-state index contributed by atoms with van der Waals surface area (Å²) in [7, 11) is 4.19. The predicted molar refractivity (Wildman–Crippen MR) is 107 cm³/mol. The lowest BCUT2D eigenvalue weighted by atomic mass is 10.1. The molecule has 1 atom stereocenters. The summed E-state index contributed by atoms with van der Waals surface area (Å²) in [6.45, 7) is 6.51. The molecule has 136 valence electrons. The number of hydrogen-bond acceptors (Lipinski definition) is 4. The smallest absolute Gasteiger partial charge is 0.191 e. The molecule has 5 nitrogen and oxygen atoms in total. The van der Waals surface area contributed by atoms with Gasteiger partial charge in [-0.15, -0.1) is 11.3 Å². The second-order valence-electron chi connectivity index (χ2n) is 6.14. The summed E-state index contributed by atoms with van der Waals surface area (Å²) in [4.78, 5) is 11.5. The summed E-state index contributed by atoms with van der Waals surface area (Å²) >= 11 is 1.70. The Morgan fingerprint density at radius 3 is 2.60 bits per heavy atom. The maximum Gasteiger partial charge on any atom is 0.191 e. The van der Waals surface area contributed by atoms with E-state index in [1.54, 1.807) is 11.3 Å². The molecule has 1 heterocycles. The van der Waals surface area contributed by atoms with E-state index in [0.717, 1.165) is 36.2 Å². The van der Waals surface area contributed by atoms with Gasteiger partial charge in [0.05, 0.1) is 23.3 Å². The van der Waals surface area contributed by atoms with Gasteiger partial charge in [0.2, 0.25) is 0 Å². The van der Waals surface area contributed by atoms with Crippen molar-refractivity contribution >= 4 is 17.3 Å². The summed E-state index contributed by atoms with van der Waals surface area (Å²) in [5.41, 5.74) is 2.42. The SMILES string of the molecule is CCNC(=NCC(c1ccccc1)N(C)C)NCCc1csc(C)n1. The zero-order valence-electron chi connectivity index (χ0n) is 15.6. The summed E-state index contributed by atoms with van der Waals surface area (Å²) in [6.07, 6.45) is 0.907. The number of thiazole rings is 1. The molecule has 0 radical (unpaired) electrons. The fourth-order valence-corrected chi connectivity index (χ4v) is 3.24. The first kappa shape index (κ1) is 19.4. The Kier molecular flexibility index (Phi) is 7.88. The number of hydrogen-bond donors (Lipinski definition) is 2. The van der Waals surface area contributed by atoms with Crippen LogP contribution in [0.15, 0.2) is 40.7 Å². The lowest BCUT2D eigenvalue weighted by Gasteiger charge is -2.23. The minimum atomic E-state index is 0.262. The molecular formula is C19H29N5S. The lowest BCUT2D eigenvalue weighted by Crippen LogP contribution is -2.39. The fraction of sp³-hybridized carbons (Fsp3) is 0.474. The Bertz CT molecular complexity index is 651. The third-order valence-corrected chi connectivity index (χ3v) is 4.74. The number of aryl methyl sites for hydroxylation is 1. The average Bonchev–Trinajstić information content (AvgIpc) is 3.01. The Labute approximate surface area is 155 Å². The normalized spacial score (nSPS) is 13.1. The van der Waals surface area contributed by atoms with Crippen LogP contribution in [-0.2, 0) is 6.42 Å². The number of aliphatic imine (C=N–C) groups is 1. The molecule has 2 rings (SSSR count). The van der Waals surface area contributed by atoms with E-state index in [-0.39, 0.29) is 6.04 Å². The summed E-state index contributed by atoms with van der Waals surface area (Å²) in [6, 6.07) is 10.8. The van der Waals surface area contributed by atoms with Crippen LogP contribution in [0.3, 0.4) is 0 Å². The van der Waals surface area contributed by atoms with Gasteiger partial charge in [-0.3, -0.25) is 4.99 Å². The summed E-state index contributed by atoms with van der Waals surface area (Å²) in [5.74, 6) is 0.859. The fourth-order valence-electron chi connectivity index (χ4n) is 2.59. The minimum absolute atomic E-state index is 0.262. The highest BCUT2D eigenvalue weighted by Gasteiger charge is 2.13. The number of nitrogens with zero attached hydrogens (tertiary/aromatic N) is 3. The molecule has 0 aliphatic carbocycles. The number of rotatable bonds is 8. The molecule has 0 saturated carbocycles. The van der Waals surface area contributed by atoms with Crippen LogP contribution in [0.1, 0.15) is 29.2 Å². The molecule has 0 fully saturated rings. The van der Waals surface area contributed by atoms with E-state index >= 15 is 0 Å². The van der Waals surface area contributed by atoms with E-state index in [9.17, 15) is 0 Å². The molecule has 0 saturated heterocycles. The monoisotopic (exact) mass is 359 g/mol. The molecule has 2 aromatic rings. The van der Waals surface area contributed by atoms with Crippen molar-refractivity contribution < 1.29 is 0 Å². The van der Waals surface area contributed by atoms with Crippen LogP contribution in [0.4, 0.5) is 0 Å². The molecular weight excluding hydrogens is 330 g/mol. The molecule has 1 aromatic carbocycles. The number of likely N-dealkylation sites (N-methyl/N-ethyl adjacent to an activating group) is 1. The van der Waals surface area contributed by atoms with Gasteiger partial charge in [-0.05, 0) is 33.5 Å². The van der Waals surface area contributed by atoms with Crippen LogP contribution in [0.5, 0.6) is 0 Å². The summed E-state index contributed by atoms with van der Waals surface area (Å²) in [5, 5.41) is 9.97. The maximum absolute atomic E-state index is 4.78. The van der Waals surface area contributed by atoms with Crippen molar-refractivity contribution in [1.29, 1.82) is 0 Å². The van der Waals surface area contributed by atoms with E-state index in [1.807, 2.05) is 13.0 Å². The molecule has 6 heteroatoms. The highest BCUT2D eigenvalue weighted by molar-refractivity contribution is 7.09. The highest BCUT2D eigenvalue weighted by atomic mass is 32.1. The molecule has 0 spiro atoms. The van der Waals surface area contributed by atoms with Crippen LogP contribution in [0.25, 0.3) is 0 Å². The molecule has 25 heavy (non-hydrogen) atoms. The number of nitrogens with one attached hydrogen (secondary N) is 2. The summed E-state index contributed by atoms with van der Waals surface area (Å²) < 4.78 is 0. The Hall–Kier alpha value is -1.92. The van der Waals surface area contributed by atoms with Gasteiger partial charge in [0.25, 0.3) is 0 Å². The average molecular weight is 360 g/mol. The maximum atomic E-state index is 4.78. The van der Waals surface area contributed by atoms with Gasteiger partial charge in [-0.2, -0.15) is 0 Å². The van der Waals surface area contributed by atoms with Crippen molar-refractivity contribution in [3.05, 3.63) is 52.0 Å². The lowest BCUT2D eigenvalue weighted by molar-refractivity contribution is 0.306. The van der Waals surface area contributed by atoms with E-state index < -0.39 is 0 Å². The van der Waals surface area contributed by atoms with Gasteiger partial charge < -0.3 is 15.5 Å². The van der Waals surface area contributed by atoms with Crippen LogP contribution in [-0.4, -0.2) is 49.6 Å². The minimum Gasteiger partial charge on any atom is -0.357 e. The van der Waals surface area contributed by atoms with Gasteiger partial charge in [0, 0.05) is 24.9 Å². The van der Waals surface area contributed by atoms with Gasteiger partial charge in [-0.25, -0.2) is 4.98 Å². The molecule has 0 amide bonds. The quantitative estimate of drug-likeness (QED) is 0.562. The molecule has 1 aromatic heterocycles. The first-order chi connectivity index (χ1) is 12.1. The van der Waals surface area contributed by atoms with E-state index in [1.165, 1.54) is 5.56 Å². The first-order valence-electron chi connectivity index (χ1n) is 8.74. The molecule has 0 aliphatic heterocycles. The van der Waals surface area contributed by atoms with Crippen LogP contribution in [0, 0.1) is 6.92 Å². The van der Waals surface area contributed by atoms with Gasteiger partial charge in [0.15, 0.2) is 5.96 Å². The largest absolute Gasteiger partial charge is 0.357 e. The molecule has 0 aliphatic rings. The third kappa shape index (κ3) is 6.48. The number of aromatic nitrogens is 1. The van der Waals surface area contributed by atoms with Crippen molar-refractivity contribution in [3.63, 3.8) is 0 Å². The molecule has 2 N–H and O–H groups in total.